The molecule has 0 spiro atoms. The predicted molar refractivity (Wildman–Crippen MR) is 84.2 cm³/mol. The van der Waals surface area contributed by atoms with E-state index in [0.717, 1.165) is 36.4 Å². The third kappa shape index (κ3) is 2.03. The number of nitrogens with zero attached hydrogens (tertiary/aromatic N) is 2. The van der Waals surface area contributed by atoms with Crippen molar-refractivity contribution in [3.05, 3.63) is 42.5 Å². The van der Waals surface area contributed by atoms with E-state index >= 15 is 0 Å². The summed E-state index contributed by atoms with van der Waals surface area (Å²) in [6.07, 6.45) is 0. The molecule has 0 saturated carbocycles. The minimum absolute atomic E-state index is 0.765. The van der Waals surface area contributed by atoms with Gasteiger partial charge in [-0.05, 0) is 42.1 Å². The number of rotatable bonds is 2. The Morgan fingerprint density at radius 2 is 1.95 bits per heavy atom. The van der Waals surface area contributed by atoms with Crippen LogP contribution in [0.3, 0.4) is 0 Å². The average molecular weight is 298 g/mol. The molecule has 2 aromatic carbocycles. The largest absolute Gasteiger partial charge is 0.399 e. The Morgan fingerprint density at radius 1 is 1.05 bits per heavy atom. The monoisotopic (exact) mass is 298 g/mol. The summed E-state index contributed by atoms with van der Waals surface area (Å²) >= 11 is 3.17. The number of H-pyrrole nitrogens is 1. The summed E-state index contributed by atoms with van der Waals surface area (Å²) in [5.41, 5.74) is 9.54. The van der Waals surface area contributed by atoms with Crippen molar-refractivity contribution in [1.29, 1.82) is 0 Å². The minimum Gasteiger partial charge on any atom is -0.399 e. The summed E-state index contributed by atoms with van der Waals surface area (Å²) in [5.74, 6) is 0. The Balaban J connectivity index is 1.72. The van der Waals surface area contributed by atoms with E-state index in [1.165, 1.54) is 0 Å². The Labute approximate surface area is 123 Å². The number of nitrogens with one attached hydrogen (secondary N) is 1. The van der Waals surface area contributed by atoms with Crippen molar-refractivity contribution < 1.29 is 0 Å². The number of hydrogen-bond acceptors (Lipinski definition) is 5. The third-order valence-electron chi connectivity index (χ3n) is 2.94. The fraction of sp³-hybridized carbons (Fsp3) is 0. The maximum Gasteiger partial charge on any atom is 0.173 e. The van der Waals surface area contributed by atoms with Gasteiger partial charge < -0.3 is 10.7 Å². The normalized spacial score (nSPS) is 11.4. The molecule has 0 saturated heterocycles. The summed E-state index contributed by atoms with van der Waals surface area (Å²) in [5, 5.41) is 0.859. The maximum absolute atomic E-state index is 5.79. The zero-order valence-electron chi connectivity index (χ0n) is 10.3. The van der Waals surface area contributed by atoms with Gasteiger partial charge in [0, 0.05) is 5.69 Å². The molecule has 0 radical (unpaired) electrons. The Morgan fingerprint density at radius 3 is 2.85 bits per heavy atom. The Hall–Kier alpha value is -2.05. The number of anilines is 1. The summed E-state index contributed by atoms with van der Waals surface area (Å²) in [4.78, 5) is 12.4. The van der Waals surface area contributed by atoms with Gasteiger partial charge in [0.15, 0.2) is 9.50 Å². The lowest BCUT2D eigenvalue weighted by molar-refractivity contribution is 1.08. The van der Waals surface area contributed by atoms with E-state index in [1.807, 2.05) is 42.5 Å². The summed E-state index contributed by atoms with van der Waals surface area (Å²) in [7, 11) is 0. The van der Waals surface area contributed by atoms with Crippen molar-refractivity contribution in [3.63, 3.8) is 0 Å². The van der Waals surface area contributed by atoms with Gasteiger partial charge in [0.05, 0.1) is 21.3 Å². The molecule has 4 nitrogen and oxygen atoms in total. The van der Waals surface area contributed by atoms with Crippen LogP contribution in [0.4, 0.5) is 5.69 Å². The highest BCUT2D eigenvalue weighted by molar-refractivity contribution is 8.01. The lowest BCUT2D eigenvalue weighted by Gasteiger charge is -1.89. The fourth-order valence-corrected chi connectivity index (χ4v) is 4.06. The van der Waals surface area contributed by atoms with E-state index in [2.05, 4.69) is 15.0 Å². The van der Waals surface area contributed by atoms with Gasteiger partial charge in [0.2, 0.25) is 0 Å². The van der Waals surface area contributed by atoms with Gasteiger partial charge in [-0.1, -0.05) is 12.1 Å². The molecule has 20 heavy (non-hydrogen) atoms. The highest BCUT2D eigenvalue weighted by Crippen LogP contribution is 2.34. The van der Waals surface area contributed by atoms with Gasteiger partial charge in [-0.25, -0.2) is 9.97 Å². The number of imidazole rings is 1. The molecule has 0 atom stereocenters. The van der Waals surface area contributed by atoms with Crippen LogP contribution in [0.5, 0.6) is 0 Å². The van der Waals surface area contributed by atoms with Gasteiger partial charge in [-0.3, -0.25) is 0 Å². The highest BCUT2D eigenvalue weighted by atomic mass is 32.2. The number of para-hydroxylation sites is 2. The lowest BCUT2D eigenvalue weighted by Crippen LogP contribution is -1.81. The molecule has 0 bridgehead atoms. The number of fused-ring (bicyclic) bond motifs is 2. The average Bonchev–Trinajstić information content (AvgIpc) is 3.00. The first-order chi connectivity index (χ1) is 9.78. The molecule has 0 unspecified atom stereocenters. The second kappa shape index (κ2) is 4.50. The fourth-order valence-electron chi connectivity index (χ4n) is 2.02. The Bertz CT molecular complexity index is 877. The van der Waals surface area contributed by atoms with Crippen molar-refractivity contribution in [2.75, 3.05) is 5.73 Å². The maximum atomic E-state index is 5.79. The molecule has 0 aliphatic carbocycles. The van der Waals surface area contributed by atoms with Crippen LogP contribution in [0.25, 0.3) is 21.3 Å². The summed E-state index contributed by atoms with van der Waals surface area (Å²) in [6, 6.07) is 13.8. The summed E-state index contributed by atoms with van der Waals surface area (Å²) < 4.78 is 2.06. The number of hydrogen-bond donors (Lipinski definition) is 2. The molecule has 2 heterocycles. The van der Waals surface area contributed by atoms with Crippen LogP contribution in [0, 0.1) is 0 Å². The molecule has 6 heteroatoms. The van der Waals surface area contributed by atoms with Crippen molar-refractivity contribution in [1.82, 2.24) is 15.0 Å². The number of thiazole rings is 1. The minimum atomic E-state index is 0.765. The van der Waals surface area contributed by atoms with E-state index in [9.17, 15) is 0 Å². The van der Waals surface area contributed by atoms with Gasteiger partial charge >= 0.3 is 0 Å². The van der Waals surface area contributed by atoms with Crippen LogP contribution in [0.2, 0.25) is 0 Å². The lowest BCUT2D eigenvalue weighted by atomic mass is 10.3. The molecule has 0 fully saturated rings. The third-order valence-corrected chi connectivity index (χ3v) is 4.91. The van der Waals surface area contributed by atoms with Crippen molar-refractivity contribution in [3.8, 4) is 0 Å². The molecule has 3 N–H and O–H groups in total. The van der Waals surface area contributed by atoms with E-state index in [4.69, 9.17) is 5.73 Å². The van der Waals surface area contributed by atoms with Gasteiger partial charge in [-0.15, -0.1) is 11.3 Å². The second-order valence-electron chi connectivity index (χ2n) is 4.37. The molecular weight excluding hydrogens is 288 g/mol. The molecule has 0 aliphatic rings. The van der Waals surface area contributed by atoms with Crippen molar-refractivity contribution >= 4 is 50.0 Å². The van der Waals surface area contributed by atoms with Crippen LogP contribution in [-0.2, 0) is 0 Å². The standard InChI is InChI=1S/C14H10N4S2/c15-8-5-6-11-12(7-8)19-14(18-11)20-13-16-9-3-1-2-4-10(9)17-13/h1-7H,15H2,(H,16,17). The number of nitrogen functional groups attached to an aromatic ring is 1. The zero-order valence-corrected chi connectivity index (χ0v) is 12.0. The van der Waals surface area contributed by atoms with Crippen LogP contribution in [-0.4, -0.2) is 15.0 Å². The van der Waals surface area contributed by atoms with Crippen LogP contribution in [0.1, 0.15) is 0 Å². The first-order valence-electron chi connectivity index (χ1n) is 6.06. The van der Waals surface area contributed by atoms with E-state index < -0.39 is 0 Å². The molecule has 0 amide bonds. The molecule has 98 valence electrons. The SMILES string of the molecule is Nc1ccc2nc(Sc3nc4ccccc4[nH]3)sc2c1. The quantitative estimate of drug-likeness (QED) is 0.551. The van der Waals surface area contributed by atoms with Crippen molar-refractivity contribution in [2.24, 2.45) is 0 Å². The summed E-state index contributed by atoms with van der Waals surface area (Å²) in [6.45, 7) is 0. The number of aromatic nitrogens is 3. The van der Waals surface area contributed by atoms with Crippen LogP contribution < -0.4 is 5.73 Å². The smallest absolute Gasteiger partial charge is 0.173 e. The molecule has 4 aromatic rings. The molecule has 4 rings (SSSR count). The van der Waals surface area contributed by atoms with E-state index in [1.54, 1.807) is 23.1 Å². The van der Waals surface area contributed by atoms with Crippen LogP contribution in [0.15, 0.2) is 52.0 Å². The number of benzene rings is 2. The highest BCUT2D eigenvalue weighted by Gasteiger charge is 2.09. The Kier molecular flexibility index (Phi) is 2.64. The van der Waals surface area contributed by atoms with Gasteiger partial charge in [0.25, 0.3) is 0 Å². The van der Waals surface area contributed by atoms with Crippen molar-refractivity contribution in [2.45, 2.75) is 9.50 Å². The van der Waals surface area contributed by atoms with Gasteiger partial charge in [0.1, 0.15) is 0 Å². The molecular formula is C14H10N4S2. The first-order valence-corrected chi connectivity index (χ1v) is 7.70. The second-order valence-corrected chi connectivity index (χ2v) is 6.63. The topological polar surface area (TPSA) is 67.6 Å². The first kappa shape index (κ1) is 11.7. The van der Waals surface area contributed by atoms with Crippen LogP contribution >= 0.6 is 23.1 Å². The van der Waals surface area contributed by atoms with Gasteiger partial charge in [-0.2, -0.15) is 0 Å². The molecule has 2 aromatic heterocycles. The number of aromatic amines is 1. The number of nitrogens with two attached hydrogens (primary N) is 1. The molecule has 0 aliphatic heterocycles. The van der Waals surface area contributed by atoms with E-state index in [-0.39, 0.29) is 0 Å². The zero-order chi connectivity index (χ0) is 13.5. The van der Waals surface area contributed by atoms with E-state index in [0.29, 0.717) is 0 Å². The predicted octanol–water partition coefficient (Wildman–Crippen LogP) is 3.91.